The number of aliphatic imine (C=N–C) groups is 1. The van der Waals surface area contributed by atoms with E-state index in [-0.39, 0.29) is 0 Å². The molecule has 0 bridgehead atoms. The van der Waals surface area contributed by atoms with Crippen LogP contribution >= 0.6 is 22.7 Å². The Labute approximate surface area is 170 Å². The third kappa shape index (κ3) is 6.59. The molecule has 3 rings (SSSR count). The minimum atomic E-state index is 0.648. The molecule has 27 heavy (non-hydrogen) atoms. The molecule has 148 valence electrons. The summed E-state index contributed by atoms with van der Waals surface area (Å²) < 4.78 is 0. The zero-order valence-electron chi connectivity index (χ0n) is 16.4. The molecule has 1 fully saturated rings. The van der Waals surface area contributed by atoms with Crippen LogP contribution in [-0.4, -0.2) is 42.0 Å². The van der Waals surface area contributed by atoms with E-state index in [4.69, 9.17) is 4.99 Å². The van der Waals surface area contributed by atoms with Crippen LogP contribution in [0.3, 0.4) is 0 Å². The van der Waals surface area contributed by atoms with Gasteiger partial charge >= 0.3 is 0 Å². The summed E-state index contributed by atoms with van der Waals surface area (Å²) in [6.45, 7) is 10.2. The number of nitrogens with zero attached hydrogens (tertiary/aromatic N) is 3. The van der Waals surface area contributed by atoms with Gasteiger partial charge in [0.25, 0.3) is 0 Å². The Hall–Kier alpha value is -1.44. The molecule has 2 aromatic rings. The molecule has 0 saturated carbocycles. The van der Waals surface area contributed by atoms with E-state index in [0.29, 0.717) is 12.5 Å². The van der Waals surface area contributed by atoms with Crippen molar-refractivity contribution in [3.8, 4) is 0 Å². The van der Waals surface area contributed by atoms with E-state index in [1.54, 1.807) is 11.3 Å². The van der Waals surface area contributed by atoms with Crippen molar-refractivity contribution in [3.05, 3.63) is 38.5 Å². The molecule has 0 aromatic carbocycles. The summed E-state index contributed by atoms with van der Waals surface area (Å²) in [5.41, 5.74) is 0. The Kier molecular flexibility index (Phi) is 8.10. The average Bonchev–Trinajstić information content (AvgIpc) is 3.36. The van der Waals surface area contributed by atoms with E-state index in [9.17, 15) is 0 Å². The van der Waals surface area contributed by atoms with Crippen LogP contribution in [0.4, 0.5) is 0 Å². The summed E-state index contributed by atoms with van der Waals surface area (Å²) in [5.74, 6) is 1.58. The number of aromatic nitrogens is 1. The monoisotopic (exact) mass is 405 g/mol. The Morgan fingerprint density at radius 3 is 3.00 bits per heavy atom. The maximum absolute atomic E-state index is 4.73. The Bertz CT molecular complexity index is 695. The minimum absolute atomic E-state index is 0.648. The molecule has 0 spiro atoms. The lowest BCUT2D eigenvalue weighted by atomic mass is 9.98. The molecular weight excluding hydrogens is 374 g/mol. The highest BCUT2D eigenvalue weighted by Crippen LogP contribution is 2.20. The van der Waals surface area contributed by atoms with Gasteiger partial charge in [0.2, 0.25) is 0 Å². The van der Waals surface area contributed by atoms with Gasteiger partial charge in [0.05, 0.1) is 6.54 Å². The molecule has 1 saturated heterocycles. The molecule has 0 radical (unpaired) electrons. The number of thiazole rings is 1. The first-order chi connectivity index (χ1) is 13.3. The molecule has 3 heterocycles. The van der Waals surface area contributed by atoms with Crippen molar-refractivity contribution in [1.29, 1.82) is 0 Å². The van der Waals surface area contributed by atoms with Crippen LogP contribution in [0, 0.1) is 5.92 Å². The summed E-state index contributed by atoms with van der Waals surface area (Å²) >= 11 is 3.62. The first kappa shape index (κ1) is 20.3. The van der Waals surface area contributed by atoms with Crippen molar-refractivity contribution in [2.24, 2.45) is 10.9 Å². The summed E-state index contributed by atoms with van der Waals surface area (Å²) in [6, 6.07) is 4.39. The van der Waals surface area contributed by atoms with Crippen LogP contribution in [0.25, 0.3) is 0 Å². The number of aryl methyl sites for hydroxylation is 1. The fraction of sp³-hybridized carbons (Fsp3) is 0.600. The van der Waals surface area contributed by atoms with Gasteiger partial charge in [-0.15, -0.1) is 22.7 Å². The molecule has 0 aliphatic carbocycles. The average molecular weight is 406 g/mol. The van der Waals surface area contributed by atoms with Gasteiger partial charge in [-0.1, -0.05) is 13.0 Å². The number of hydrogen-bond donors (Lipinski definition) is 2. The van der Waals surface area contributed by atoms with Gasteiger partial charge in [0.15, 0.2) is 5.96 Å². The highest BCUT2D eigenvalue weighted by atomic mass is 32.1. The second kappa shape index (κ2) is 10.8. The number of likely N-dealkylation sites (tertiary alicyclic amines) is 1. The molecule has 2 N–H and O–H groups in total. The Morgan fingerprint density at radius 2 is 2.26 bits per heavy atom. The number of rotatable bonds is 8. The maximum atomic E-state index is 4.73. The lowest BCUT2D eigenvalue weighted by Crippen LogP contribution is -2.44. The molecule has 1 aliphatic heterocycles. The van der Waals surface area contributed by atoms with Crippen LogP contribution in [0.5, 0.6) is 0 Å². The fourth-order valence-electron chi connectivity index (χ4n) is 3.40. The smallest absolute Gasteiger partial charge is 0.191 e. The van der Waals surface area contributed by atoms with Gasteiger partial charge < -0.3 is 10.6 Å². The lowest BCUT2D eigenvalue weighted by molar-refractivity contribution is 0.169. The van der Waals surface area contributed by atoms with Crippen molar-refractivity contribution in [1.82, 2.24) is 20.5 Å². The van der Waals surface area contributed by atoms with E-state index < -0.39 is 0 Å². The van der Waals surface area contributed by atoms with Gasteiger partial charge in [0, 0.05) is 42.1 Å². The highest BCUT2D eigenvalue weighted by molar-refractivity contribution is 7.11. The van der Waals surface area contributed by atoms with E-state index in [1.807, 2.05) is 17.5 Å². The van der Waals surface area contributed by atoms with E-state index >= 15 is 0 Å². The SMILES string of the molecule is CCNC(=NCc1ncc(CC)s1)NCC1CCCN(Cc2cccs2)C1. The molecule has 0 amide bonds. The summed E-state index contributed by atoms with van der Waals surface area (Å²) in [5, 5.41) is 10.2. The summed E-state index contributed by atoms with van der Waals surface area (Å²) in [7, 11) is 0. The number of thiophene rings is 1. The first-order valence-electron chi connectivity index (χ1n) is 9.97. The van der Waals surface area contributed by atoms with Crippen LogP contribution in [0.1, 0.15) is 41.5 Å². The lowest BCUT2D eigenvalue weighted by Gasteiger charge is -2.32. The van der Waals surface area contributed by atoms with Crippen molar-refractivity contribution >= 4 is 28.6 Å². The third-order valence-corrected chi connectivity index (χ3v) is 6.77. The third-order valence-electron chi connectivity index (χ3n) is 4.79. The number of guanidine groups is 1. The predicted octanol–water partition coefficient (Wildman–Crippen LogP) is 3.73. The number of piperidine rings is 1. The fourth-order valence-corrected chi connectivity index (χ4v) is 4.93. The Morgan fingerprint density at radius 1 is 1.33 bits per heavy atom. The van der Waals surface area contributed by atoms with Crippen molar-refractivity contribution in [3.63, 3.8) is 0 Å². The molecular formula is C20H31N5S2. The molecule has 1 unspecified atom stereocenters. The van der Waals surface area contributed by atoms with E-state index in [2.05, 4.69) is 51.9 Å². The summed E-state index contributed by atoms with van der Waals surface area (Å²) in [6.07, 6.45) is 5.59. The topological polar surface area (TPSA) is 52.6 Å². The number of hydrogen-bond acceptors (Lipinski definition) is 5. The van der Waals surface area contributed by atoms with Crippen molar-refractivity contribution in [2.45, 2.75) is 46.2 Å². The normalized spacial score (nSPS) is 18.6. The molecule has 1 atom stereocenters. The zero-order valence-corrected chi connectivity index (χ0v) is 18.0. The van der Waals surface area contributed by atoms with E-state index in [0.717, 1.165) is 43.6 Å². The van der Waals surface area contributed by atoms with Gasteiger partial charge in [0.1, 0.15) is 5.01 Å². The molecule has 1 aliphatic rings. The van der Waals surface area contributed by atoms with Crippen LogP contribution in [0.2, 0.25) is 0 Å². The van der Waals surface area contributed by atoms with Crippen molar-refractivity contribution in [2.75, 3.05) is 26.2 Å². The second-order valence-corrected chi connectivity index (χ2v) is 9.20. The highest BCUT2D eigenvalue weighted by Gasteiger charge is 2.20. The van der Waals surface area contributed by atoms with Crippen LogP contribution in [-0.2, 0) is 19.5 Å². The predicted molar refractivity (Wildman–Crippen MR) is 117 cm³/mol. The Balaban J connectivity index is 1.48. The quantitative estimate of drug-likeness (QED) is 0.519. The molecule has 5 nitrogen and oxygen atoms in total. The largest absolute Gasteiger partial charge is 0.357 e. The van der Waals surface area contributed by atoms with Gasteiger partial charge in [-0.2, -0.15) is 0 Å². The second-order valence-electron chi connectivity index (χ2n) is 6.97. The zero-order chi connectivity index (χ0) is 18.9. The minimum Gasteiger partial charge on any atom is -0.357 e. The van der Waals surface area contributed by atoms with E-state index in [1.165, 1.54) is 29.1 Å². The number of nitrogens with one attached hydrogen (secondary N) is 2. The standard InChI is InChI=1S/C20H31N5S2/c1-3-17-12-22-19(27-17)13-24-20(21-4-2)23-11-16-7-5-9-25(14-16)15-18-8-6-10-26-18/h6,8,10,12,16H,3-5,7,9,11,13-15H2,1-2H3,(H2,21,23,24). The van der Waals surface area contributed by atoms with Crippen LogP contribution in [0.15, 0.2) is 28.7 Å². The maximum Gasteiger partial charge on any atom is 0.191 e. The molecule has 2 aromatic heterocycles. The summed E-state index contributed by atoms with van der Waals surface area (Å²) in [4.78, 5) is 14.6. The molecule has 7 heteroatoms. The van der Waals surface area contributed by atoms with Gasteiger partial charge in [-0.25, -0.2) is 9.98 Å². The van der Waals surface area contributed by atoms with Gasteiger partial charge in [-0.3, -0.25) is 4.90 Å². The van der Waals surface area contributed by atoms with Crippen LogP contribution < -0.4 is 10.6 Å². The first-order valence-corrected chi connectivity index (χ1v) is 11.7. The van der Waals surface area contributed by atoms with Crippen molar-refractivity contribution < 1.29 is 0 Å². The van der Waals surface area contributed by atoms with Gasteiger partial charge in [-0.05, 0) is 50.1 Å².